The van der Waals surface area contributed by atoms with Gasteiger partial charge in [-0.05, 0) is 26.3 Å². The first kappa shape index (κ1) is 13.5. The number of nitrogens with zero attached hydrogens (tertiary/aromatic N) is 3. The summed E-state index contributed by atoms with van der Waals surface area (Å²) >= 11 is 0. The monoisotopic (exact) mass is 252 g/mol. The Morgan fingerprint density at radius 1 is 1.56 bits per heavy atom. The number of aromatic nitrogens is 2. The van der Waals surface area contributed by atoms with E-state index in [1.807, 2.05) is 12.5 Å². The van der Waals surface area contributed by atoms with Gasteiger partial charge in [0.15, 0.2) is 0 Å². The van der Waals surface area contributed by atoms with Crippen LogP contribution in [0.2, 0.25) is 0 Å². The van der Waals surface area contributed by atoms with Crippen LogP contribution in [0.3, 0.4) is 0 Å². The molecule has 0 bridgehead atoms. The van der Waals surface area contributed by atoms with Crippen molar-refractivity contribution in [2.75, 3.05) is 26.8 Å². The predicted octanol–water partition coefficient (Wildman–Crippen LogP) is 1.01. The Bertz CT molecular complexity index is 366. The number of aryl methyl sites for hydroxylation is 1. The Balaban J connectivity index is 2.18. The predicted molar refractivity (Wildman–Crippen MR) is 71.3 cm³/mol. The van der Waals surface area contributed by atoms with Gasteiger partial charge in [0, 0.05) is 32.4 Å². The number of likely N-dealkylation sites (tertiary alicyclic amines) is 1. The van der Waals surface area contributed by atoms with Crippen LogP contribution in [0.25, 0.3) is 0 Å². The normalized spacial score (nSPS) is 25.5. The first-order chi connectivity index (χ1) is 8.77. The number of hydrogen-bond donors (Lipinski definition) is 1. The van der Waals surface area contributed by atoms with E-state index < -0.39 is 0 Å². The molecule has 2 unspecified atom stereocenters. The maximum atomic E-state index is 6.33. The third-order valence-corrected chi connectivity index (χ3v) is 3.75. The second kappa shape index (κ2) is 6.31. The maximum Gasteiger partial charge on any atom is 0.0948 e. The topological polar surface area (TPSA) is 56.3 Å². The summed E-state index contributed by atoms with van der Waals surface area (Å²) in [5.41, 5.74) is 7.57. The Morgan fingerprint density at radius 3 is 3.11 bits per heavy atom. The number of piperidine rings is 1. The fourth-order valence-electron chi connectivity index (χ4n) is 2.81. The van der Waals surface area contributed by atoms with E-state index in [-0.39, 0.29) is 12.1 Å². The van der Waals surface area contributed by atoms with Gasteiger partial charge in [0.1, 0.15) is 0 Å². The summed E-state index contributed by atoms with van der Waals surface area (Å²) < 4.78 is 7.39. The molecule has 0 amide bonds. The average Bonchev–Trinajstić information content (AvgIpc) is 2.84. The van der Waals surface area contributed by atoms with Crippen molar-refractivity contribution >= 4 is 0 Å². The highest BCUT2D eigenvalue weighted by Gasteiger charge is 2.31. The smallest absolute Gasteiger partial charge is 0.0948 e. The molecule has 1 aliphatic heterocycles. The lowest BCUT2D eigenvalue weighted by molar-refractivity contribution is 0.0812. The molecule has 0 saturated carbocycles. The highest BCUT2D eigenvalue weighted by Crippen LogP contribution is 2.29. The van der Waals surface area contributed by atoms with E-state index in [0.29, 0.717) is 0 Å². The first-order valence-corrected chi connectivity index (χ1v) is 6.76. The number of methoxy groups -OCH3 is 1. The molecule has 102 valence electrons. The van der Waals surface area contributed by atoms with Gasteiger partial charge in [0.2, 0.25) is 0 Å². The van der Waals surface area contributed by atoms with Crippen LogP contribution in [0.5, 0.6) is 0 Å². The van der Waals surface area contributed by atoms with Crippen LogP contribution in [0.4, 0.5) is 0 Å². The van der Waals surface area contributed by atoms with Gasteiger partial charge in [-0.15, -0.1) is 0 Å². The van der Waals surface area contributed by atoms with Crippen molar-refractivity contribution in [1.29, 1.82) is 0 Å². The lowest BCUT2D eigenvalue weighted by atomic mass is 9.94. The Kier molecular flexibility index (Phi) is 4.74. The van der Waals surface area contributed by atoms with Crippen molar-refractivity contribution < 1.29 is 4.74 Å². The van der Waals surface area contributed by atoms with Crippen molar-refractivity contribution in [3.05, 3.63) is 18.2 Å². The largest absolute Gasteiger partial charge is 0.383 e. The van der Waals surface area contributed by atoms with Crippen molar-refractivity contribution in [2.45, 2.75) is 38.4 Å². The molecular weight excluding hydrogens is 228 g/mol. The van der Waals surface area contributed by atoms with E-state index in [2.05, 4.69) is 21.4 Å². The molecule has 2 N–H and O–H groups in total. The molecule has 0 aromatic carbocycles. The van der Waals surface area contributed by atoms with Crippen molar-refractivity contribution in [2.24, 2.45) is 5.73 Å². The zero-order chi connectivity index (χ0) is 13.0. The van der Waals surface area contributed by atoms with Gasteiger partial charge in [-0.25, -0.2) is 4.98 Å². The van der Waals surface area contributed by atoms with Gasteiger partial charge in [0.25, 0.3) is 0 Å². The quantitative estimate of drug-likeness (QED) is 0.850. The lowest BCUT2D eigenvalue weighted by Crippen LogP contribution is -2.47. The Hall–Kier alpha value is -0.910. The first-order valence-electron chi connectivity index (χ1n) is 6.76. The molecule has 0 radical (unpaired) electrons. The van der Waals surface area contributed by atoms with Crippen LogP contribution in [-0.4, -0.2) is 47.3 Å². The van der Waals surface area contributed by atoms with Gasteiger partial charge in [0.05, 0.1) is 24.7 Å². The fourth-order valence-corrected chi connectivity index (χ4v) is 2.81. The molecule has 5 nitrogen and oxygen atoms in total. The van der Waals surface area contributed by atoms with Crippen molar-refractivity contribution in [3.63, 3.8) is 0 Å². The molecule has 1 aromatic heterocycles. The molecular formula is C13H24N4O. The van der Waals surface area contributed by atoms with Gasteiger partial charge in [-0.1, -0.05) is 0 Å². The number of rotatable bonds is 5. The van der Waals surface area contributed by atoms with Crippen LogP contribution in [0, 0.1) is 0 Å². The molecule has 0 spiro atoms. The third kappa shape index (κ3) is 2.74. The second-order valence-corrected chi connectivity index (χ2v) is 4.88. The number of ether oxygens (including phenoxy) is 1. The number of hydrogen-bond acceptors (Lipinski definition) is 4. The van der Waals surface area contributed by atoms with Gasteiger partial charge in [-0.3, -0.25) is 4.90 Å². The molecule has 2 atom stereocenters. The van der Waals surface area contributed by atoms with E-state index in [1.165, 1.54) is 12.1 Å². The van der Waals surface area contributed by atoms with Crippen LogP contribution < -0.4 is 5.73 Å². The summed E-state index contributed by atoms with van der Waals surface area (Å²) in [5.74, 6) is 0. The molecule has 18 heavy (non-hydrogen) atoms. The van der Waals surface area contributed by atoms with E-state index >= 15 is 0 Å². The molecule has 1 aromatic rings. The van der Waals surface area contributed by atoms with Crippen LogP contribution >= 0.6 is 0 Å². The maximum absolute atomic E-state index is 6.33. The number of imidazole rings is 1. The summed E-state index contributed by atoms with van der Waals surface area (Å²) in [5, 5.41) is 0. The fraction of sp³-hybridized carbons (Fsp3) is 0.769. The van der Waals surface area contributed by atoms with E-state index in [1.54, 1.807) is 7.11 Å². The van der Waals surface area contributed by atoms with E-state index in [0.717, 1.165) is 32.7 Å². The Morgan fingerprint density at radius 2 is 2.39 bits per heavy atom. The van der Waals surface area contributed by atoms with E-state index in [9.17, 15) is 0 Å². The van der Waals surface area contributed by atoms with Gasteiger partial charge >= 0.3 is 0 Å². The third-order valence-electron chi connectivity index (χ3n) is 3.75. The summed E-state index contributed by atoms with van der Waals surface area (Å²) in [4.78, 5) is 6.70. The SMILES string of the molecule is CCn1cncc1C1C(N)CCCN1CCOC. The molecule has 5 heteroatoms. The Labute approximate surface area is 109 Å². The van der Waals surface area contributed by atoms with E-state index in [4.69, 9.17) is 10.5 Å². The number of nitrogens with two attached hydrogens (primary N) is 1. The summed E-state index contributed by atoms with van der Waals surface area (Å²) in [6.45, 7) is 5.86. The van der Waals surface area contributed by atoms with Crippen molar-refractivity contribution in [3.8, 4) is 0 Å². The summed E-state index contributed by atoms with van der Waals surface area (Å²) in [6, 6.07) is 0.467. The molecule has 2 rings (SSSR count). The van der Waals surface area contributed by atoms with Crippen molar-refractivity contribution in [1.82, 2.24) is 14.5 Å². The summed E-state index contributed by atoms with van der Waals surface area (Å²) in [7, 11) is 1.75. The second-order valence-electron chi connectivity index (χ2n) is 4.88. The molecule has 1 fully saturated rings. The zero-order valence-electron chi connectivity index (χ0n) is 11.4. The molecule has 1 saturated heterocycles. The highest BCUT2D eigenvalue weighted by atomic mass is 16.5. The molecule has 1 aliphatic rings. The van der Waals surface area contributed by atoms with Crippen LogP contribution in [-0.2, 0) is 11.3 Å². The zero-order valence-corrected chi connectivity index (χ0v) is 11.4. The molecule has 0 aliphatic carbocycles. The minimum atomic E-state index is 0.192. The van der Waals surface area contributed by atoms with Crippen LogP contribution in [0.15, 0.2) is 12.5 Å². The standard InChI is InChI=1S/C13H24N4O/c1-3-16-10-15-9-12(16)13-11(14)5-4-6-17(13)7-8-18-2/h9-11,13H,3-8,14H2,1-2H3. The minimum Gasteiger partial charge on any atom is -0.383 e. The minimum absolute atomic E-state index is 0.192. The van der Waals surface area contributed by atoms with Crippen LogP contribution in [0.1, 0.15) is 31.5 Å². The lowest BCUT2D eigenvalue weighted by Gasteiger charge is -2.39. The summed E-state index contributed by atoms with van der Waals surface area (Å²) in [6.07, 6.45) is 6.11. The average molecular weight is 252 g/mol. The highest BCUT2D eigenvalue weighted by molar-refractivity contribution is 5.10. The van der Waals surface area contributed by atoms with Gasteiger partial charge in [-0.2, -0.15) is 0 Å². The van der Waals surface area contributed by atoms with Gasteiger partial charge < -0.3 is 15.0 Å². The molecule has 2 heterocycles.